The van der Waals surface area contributed by atoms with Gasteiger partial charge in [-0.15, -0.1) is 10.2 Å². The molecular formula is C26H29ClFN3O2S. The van der Waals surface area contributed by atoms with E-state index in [1.54, 1.807) is 30.0 Å². The summed E-state index contributed by atoms with van der Waals surface area (Å²) in [6, 6.07) is 14.1. The second-order valence-electron chi connectivity index (χ2n) is 9.22. The second kappa shape index (κ2) is 10.6. The van der Waals surface area contributed by atoms with Gasteiger partial charge in [-0.05, 0) is 74.3 Å². The lowest BCUT2D eigenvalue weighted by Crippen LogP contribution is -2.24. The van der Waals surface area contributed by atoms with Gasteiger partial charge in [0.1, 0.15) is 12.4 Å². The lowest BCUT2D eigenvalue weighted by atomic mass is 9.84. The van der Waals surface area contributed by atoms with Crippen LogP contribution in [0, 0.1) is 23.6 Å². The Morgan fingerprint density at radius 3 is 2.76 bits per heavy atom. The van der Waals surface area contributed by atoms with Gasteiger partial charge >= 0.3 is 0 Å². The Hall–Kier alpha value is -2.25. The van der Waals surface area contributed by atoms with Crippen molar-refractivity contribution in [2.24, 2.45) is 17.8 Å². The van der Waals surface area contributed by atoms with Gasteiger partial charge in [-0.3, -0.25) is 4.57 Å². The molecule has 4 atom stereocenters. The van der Waals surface area contributed by atoms with E-state index in [4.69, 9.17) is 21.1 Å². The molecule has 0 aliphatic heterocycles. The highest BCUT2D eigenvalue weighted by atomic mass is 35.5. The first-order chi connectivity index (χ1) is 16.6. The molecule has 2 bridgehead atoms. The summed E-state index contributed by atoms with van der Waals surface area (Å²) in [6.07, 6.45) is 5.29. The molecule has 2 aliphatic carbocycles. The van der Waals surface area contributed by atoms with E-state index in [1.165, 1.54) is 31.7 Å². The van der Waals surface area contributed by atoms with Crippen molar-refractivity contribution in [1.82, 2.24) is 14.8 Å². The number of benzene rings is 2. The van der Waals surface area contributed by atoms with Crippen molar-refractivity contribution in [1.29, 1.82) is 0 Å². The first-order valence-corrected chi connectivity index (χ1v) is 13.3. The van der Waals surface area contributed by atoms with Crippen molar-refractivity contribution in [2.45, 2.75) is 50.4 Å². The topological polar surface area (TPSA) is 49.2 Å². The highest BCUT2D eigenvalue weighted by Crippen LogP contribution is 2.52. The highest BCUT2D eigenvalue weighted by Gasteiger charge is 2.43. The van der Waals surface area contributed by atoms with Crippen molar-refractivity contribution in [2.75, 3.05) is 12.4 Å². The summed E-state index contributed by atoms with van der Waals surface area (Å²) in [5.74, 6) is 4.31. The largest absolute Gasteiger partial charge is 0.493 e. The van der Waals surface area contributed by atoms with Gasteiger partial charge in [0, 0.05) is 16.8 Å². The molecular weight excluding hydrogens is 473 g/mol. The molecule has 0 radical (unpaired) electrons. The second-order valence-corrected chi connectivity index (χ2v) is 10.7. The number of ether oxygens (including phenoxy) is 2. The highest BCUT2D eigenvalue weighted by molar-refractivity contribution is 7.99. The van der Waals surface area contributed by atoms with Crippen LogP contribution in [0.5, 0.6) is 11.5 Å². The molecule has 0 unspecified atom stereocenters. The van der Waals surface area contributed by atoms with Gasteiger partial charge < -0.3 is 9.47 Å². The number of hydrogen-bond acceptors (Lipinski definition) is 5. The molecule has 0 spiro atoms. The van der Waals surface area contributed by atoms with Gasteiger partial charge in [0.15, 0.2) is 22.5 Å². The SMILES string of the molecule is C[C@@H]([C@H]1C[C@H]2CC[C@H]1C2)n1c(COc2ccccc2F)nnc1SCCOc1cccc(Cl)c1. The molecule has 1 aromatic heterocycles. The zero-order chi connectivity index (χ0) is 23.5. The predicted octanol–water partition coefficient (Wildman–Crippen LogP) is 6.82. The smallest absolute Gasteiger partial charge is 0.191 e. The summed E-state index contributed by atoms with van der Waals surface area (Å²) in [5, 5.41) is 10.5. The van der Waals surface area contributed by atoms with Crippen LogP contribution in [-0.2, 0) is 6.61 Å². The minimum absolute atomic E-state index is 0.179. The zero-order valence-electron chi connectivity index (χ0n) is 19.2. The summed E-state index contributed by atoms with van der Waals surface area (Å²) in [4.78, 5) is 0. The molecule has 34 heavy (non-hydrogen) atoms. The van der Waals surface area contributed by atoms with E-state index >= 15 is 0 Å². The molecule has 2 aliphatic rings. The number of fused-ring (bicyclic) bond motifs is 2. The Balaban J connectivity index is 1.29. The van der Waals surface area contributed by atoms with Gasteiger partial charge in [-0.25, -0.2) is 4.39 Å². The van der Waals surface area contributed by atoms with E-state index in [0.717, 1.165) is 34.3 Å². The summed E-state index contributed by atoms with van der Waals surface area (Å²) in [5.41, 5.74) is 0. The maximum atomic E-state index is 14.1. The number of halogens is 2. The monoisotopic (exact) mass is 501 g/mol. The Morgan fingerprint density at radius 2 is 2.00 bits per heavy atom. The normalized spacial score (nSPS) is 22.1. The maximum absolute atomic E-state index is 14.1. The van der Waals surface area contributed by atoms with E-state index in [2.05, 4.69) is 21.7 Å². The number of thioether (sulfide) groups is 1. The average Bonchev–Trinajstić information content (AvgIpc) is 3.57. The molecule has 5 nitrogen and oxygen atoms in total. The molecule has 180 valence electrons. The Kier molecular flexibility index (Phi) is 7.30. The molecule has 5 rings (SSSR count). The van der Waals surface area contributed by atoms with E-state index in [9.17, 15) is 4.39 Å². The van der Waals surface area contributed by atoms with Crippen LogP contribution in [0.1, 0.15) is 44.5 Å². The molecule has 0 N–H and O–H groups in total. The molecule has 2 fully saturated rings. The fourth-order valence-corrected chi connectivity index (χ4v) is 6.58. The Labute approximate surface area is 209 Å². The van der Waals surface area contributed by atoms with Crippen LogP contribution < -0.4 is 9.47 Å². The van der Waals surface area contributed by atoms with E-state index in [0.29, 0.717) is 17.5 Å². The number of rotatable bonds is 10. The molecule has 2 aromatic carbocycles. The fraction of sp³-hybridized carbons (Fsp3) is 0.462. The maximum Gasteiger partial charge on any atom is 0.191 e. The van der Waals surface area contributed by atoms with Crippen molar-refractivity contribution < 1.29 is 13.9 Å². The summed E-state index contributed by atoms with van der Waals surface area (Å²) in [7, 11) is 0. The third kappa shape index (κ3) is 5.20. The molecule has 3 aromatic rings. The molecule has 1 heterocycles. The van der Waals surface area contributed by atoms with Crippen molar-refractivity contribution >= 4 is 23.4 Å². The summed E-state index contributed by atoms with van der Waals surface area (Å²) < 4.78 is 27.9. The van der Waals surface area contributed by atoms with E-state index in [1.807, 2.05) is 24.3 Å². The van der Waals surface area contributed by atoms with E-state index < -0.39 is 0 Å². The van der Waals surface area contributed by atoms with Crippen LogP contribution in [0.2, 0.25) is 5.02 Å². The van der Waals surface area contributed by atoms with Gasteiger partial charge in [-0.1, -0.05) is 48.0 Å². The average molecular weight is 502 g/mol. The minimum Gasteiger partial charge on any atom is -0.493 e. The fourth-order valence-electron chi connectivity index (χ4n) is 5.54. The van der Waals surface area contributed by atoms with Crippen LogP contribution in [-0.4, -0.2) is 27.1 Å². The van der Waals surface area contributed by atoms with Crippen LogP contribution in [0.3, 0.4) is 0 Å². The van der Waals surface area contributed by atoms with Gasteiger partial charge in [0.05, 0.1) is 6.61 Å². The quantitative estimate of drug-likeness (QED) is 0.225. The standard InChI is InChI=1S/C26H29ClFN3O2S/c1-17(22-14-18-9-10-19(22)13-18)31-25(16-33-24-8-3-2-7-23(24)28)29-30-26(31)34-12-11-32-21-6-4-5-20(27)15-21/h2-8,15,17-19,22H,9-14,16H2,1H3/t17-,18-,19-,22+/m0/s1. The third-order valence-electron chi connectivity index (χ3n) is 7.13. The van der Waals surface area contributed by atoms with Crippen LogP contribution in [0.15, 0.2) is 53.7 Å². The third-order valence-corrected chi connectivity index (χ3v) is 8.27. The predicted molar refractivity (Wildman–Crippen MR) is 132 cm³/mol. The zero-order valence-corrected chi connectivity index (χ0v) is 20.8. The van der Waals surface area contributed by atoms with Crippen LogP contribution >= 0.6 is 23.4 Å². The summed E-state index contributed by atoms with van der Waals surface area (Å²) in [6.45, 7) is 2.98. The number of nitrogens with zero attached hydrogens (tertiary/aromatic N) is 3. The molecule has 0 saturated heterocycles. The molecule has 0 amide bonds. The number of aromatic nitrogens is 3. The van der Waals surface area contributed by atoms with Gasteiger partial charge in [0.25, 0.3) is 0 Å². The van der Waals surface area contributed by atoms with E-state index in [-0.39, 0.29) is 24.2 Å². The Bertz CT molecular complexity index is 1130. The molecule has 2 saturated carbocycles. The summed E-state index contributed by atoms with van der Waals surface area (Å²) >= 11 is 7.67. The van der Waals surface area contributed by atoms with Gasteiger partial charge in [0.2, 0.25) is 0 Å². The number of hydrogen-bond donors (Lipinski definition) is 0. The lowest BCUT2D eigenvalue weighted by Gasteiger charge is -2.30. The van der Waals surface area contributed by atoms with Crippen molar-refractivity contribution in [3.8, 4) is 11.5 Å². The minimum atomic E-state index is -0.373. The van der Waals surface area contributed by atoms with Crippen LogP contribution in [0.25, 0.3) is 0 Å². The Morgan fingerprint density at radius 1 is 1.12 bits per heavy atom. The molecule has 8 heteroatoms. The lowest BCUT2D eigenvalue weighted by molar-refractivity contribution is 0.215. The van der Waals surface area contributed by atoms with Gasteiger partial charge in [-0.2, -0.15) is 0 Å². The first-order valence-electron chi connectivity index (χ1n) is 11.9. The first kappa shape index (κ1) is 23.5. The number of para-hydroxylation sites is 1. The van der Waals surface area contributed by atoms with Crippen LogP contribution in [0.4, 0.5) is 4.39 Å². The van der Waals surface area contributed by atoms with Crippen molar-refractivity contribution in [3.05, 3.63) is 65.2 Å². The van der Waals surface area contributed by atoms with Crippen molar-refractivity contribution in [3.63, 3.8) is 0 Å².